The Hall–Kier alpha value is -5.07. The number of rotatable bonds is 6. The maximum absolute atomic E-state index is 16.8. The molecule has 0 radical (unpaired) electrons. The first-order chi connectivity index (χ1) is 22.7. The minimum Gasteiger partial charge on any atom is -0.465 e. The lowest BCUT2D eigenvalue weighted by atomic mass is 9.93. The molecule has 3 aromatic carbocycles. The van der Waals surface area contributed by atoms with Crippen molar-refractivity contribution in [2.75, 3.05) is 44.2 Å². The van der Waals surface area contributed by atoms with E-state index in [-0.39, 0.29) is 70.8 Å². The van der Waals surface area contributed by atoms with Gasteiger partial charge in [0.05, 0.1) is 35.2 Å². The first-order valence-corrected chi connectivity index (χ1v) is 15.6. The number of aromatic nitrogens is 2. The van der Waals surface area contributed by atoms with E-state index in [2.05, 4.69) is 20.8 Å². The summed E-state index contributed by atoms with van der Waals surface area (Å²) in [5, 5.41) is 19.9. The third-order valence-electron chi connectivity index (χ3n) is 9.89. The van der Waals surface area contributed by atoms with E-state index in [1.165, 1.54) is 23.1 Å². The average molecular weight is 641 g/mol. The zero-order chi connectivity index (χ0) is 32.9. The number of hydrogen-bond acceptors (Lipinski definition) is 7. The van der Waals surface area contributed by atoms with Crippen molar-refractivity contribution >= 4 is 33.6 Å². The summed E-state index contributed by atoms with van der Waals surface area (Å²) in [6.07, 6.45) is 8.43. The Labute approximate surface area is 269 Å². The van der Waals surface area contributed by atoms with Gasteiger partial charge < -0.3 is 19.6 Å². The summed E-state index contributed by atoms with van der Waals surface area (Å²) >= 11 is 0. The van der Waals surface area contributed by atoms with E-state index in [1.807, 2.05) is 6.07 Å². The van der Waals surface area contributed by atoms with E-state index in [0.717, 1.165) is 44.8 Å². The highest BCUT2D eigenvalue weighted by atomic mass is 19.1. The lowest BCUT2D eigenvalue weighted by Crippen LogP contribution is -2.55. The normalized spacial score (nSPS) is 19.1. The van der Waals surface area contributed by atoms with Crippen LogP contribution in [0.5, 0.6) is 6.01 Å². The molecule has 0 aliphatic carbocycles. The van der Waals surface area contributed by atoms with Crippen LogP contribution >= 0.6 is 0 Å². The molecule has 4 heterocycles. The summed E-state index contributed by atoms with van der Waals surface area (Å²) in [5.41, 5.74) is -0.822. The summed E-state index contributed by atoms with van der Waals surface area (Å²) in [7, 11) is 0. The molecule has 4 aromatic rings. The van der Waals surface area contributed by atoms with Crippen molar-refractivity contribution in [1.29, 1.82) is 5.26 Å². The Morgan fingerprint density at radius 2 is 1.87 bits per heavy atom. The monoisotopic (exact) mass is 640 g/mol. The maximum Gasteiger partial charge on any atom is 0.407 e. The molecule has 0 saturated carbocycles. The van der Waals surface area contributed by atoms with Crippen LogP contribution in [0.15, 0.2) is 36.4 Å². The van der Waals surface area contributed by atoms with Crippen molar-refractivity contribution in [2.24, 2.45) is 0 Å². The van der Waals surface area contributed by atoms with Gasteiger partial charge in [-0.2, -0.15) is 15.2 Å². The predicted octanol–water partition coefficient (Wildman–Crippen LogP) is 5.94. The SMILES string of the molecule is C#Cc1c(F)ccc2cccc(-c3c(F)cc4c(N5CCN(C(=O)O)[C@@H](CC#N)C5)nc(OCC56CCCN5CCC6)nc4c3F)c12. The van der Waals surface area contributed by atoms with Gasteiger partial charge in [0, 0.05) is 30.4 Å². The lowest BCUT2D eigenvalue weighted by molar-refractivity contribution is 0.107. The van der Waals surface area contributed by atoms with Gasteiger partial charge in [-0.05, 0) is 61.9 Å². The van der Waals surface area contributed by atoms with Crippen LogP contribution in [-0.4, -0.2) is 81.9 Å². The standard InChI is InChI=1S/C35H31F3N6O3/c1-2-23-26(36)9-8-21-6-3-7-24(28(21)23)29-27(37)18-25-31(30(29)38)40-33(47-20-35-11-4-14-43(35)15-5-12-35)41-32(25)42-16-17-44(34(45)46)22(19-42)10-13-39/h1,3,6-9,18,22H,4-5,10-12,14-17,19-20H2,(H,45,46)/t22-/m0/s1. The van der Waals surface area contributed by atoms with E-state index in [4.69, 9.17) is 11.2 Å². The van der Waals surface area contributed by atoms with Crippen molar-refractivity contribution in [2.45, 2.75) is 43.7 Å². The molecule has 1 atom stereocenters. The summed E-state index contributed by atoms with van der Waals surface area (Å²) in [5.74, 6) is -0.115. The Morgan fingerprint density at radius 1 is 1.09 bits per heavy atom. The quantitative estimate of drug-likeness (QED) is 0.259. The van der Waals surface area contributed by atoms with Crippen LogP contribution in [0.1, 0.15) is 37.7 Å². The van der Waals surface area contributed by atoms with E-state index < -0.39 is 35.2 Å². The molecule has 47 heavy (non-hydrogen) atoms. The number of nitrogens with zero attached hydrogens (tertiary/aromatic N) is 6. The highest BCUT2D eigenvalue weighted by Gasteiger charge is 2.45. The van der Waals surface area contributed by atoms with Crippen molar-refractivity contribution < 1.29 is 27.8 Å². The van der Waals surface area contributed by atoms with E-state index in [9.17, 15) is 19.6 Å². The van der Waals surface area contributed by atoms with Crippen molar-refractivity contribution in [3.63, 3.8) is 0 Å². The van der Waals surface area contributed by atoms with Crippen molar-refractivity contribution in [3.05, 3.63) is 59.4 Å². The molecule has 240 valence electrons. The average Bonchev–Trinajstić information content (AvgIpc) is 3.65. The molecule has 1 N–H and O–H groups in total. The Morgan fingerprint density at radius 3 is 2.60 bits per heavy atom. The van der Waals surface area contributed by atoms with Crippen molar-refractivity contribution in [3.8, 4) is 35.6 Å². The minimum absolute atomic E-state index is 0.0562. The van der Waals surface area contributed by atoms with E-state index >= 15 is 8.78 Å². The molecule has 3 aliphatic rings. The van der Waals surface area contributed by atoms with Gasteiger partial charge in [-0.25, -0.2) is 18.0 Å². The van der Waals surface area contributed by atoms with Crippen LogP contribution in [0.4, 0.5) is 23.8 Å². The summed E-state index contributed by atoms with van der Waals surface area (Å²) in [4.78, 5) is 26.3. The van der Waals surface area contributed by atoms with Gasteiger partial charge in [0.15, 0.2) is 5.82 Å². The van der Waals surface area contributed by atoms with E-state index in [1.54, 1.807) is 17.0 Å². The highest BCUT2D eigenvalue weighted by molar-refractivity contribution is 6.03. The van der Waals surface area contributed by atoms with Crippen LogP contribution < -0.4 is 9.64 Å². The zero-order valence-corrected chi connectivity index (χ0v) is 25.5. The van der Waals surface area contributed by atoms with Gasteiger partial charge in [-0.3, -0.25) is 4.90 Å². The highest BCUT2D eigenvalue weighted by Crippen LogP contribution is 2.42. The topological polar surface area (TPSA) is 106 Å². The van der Waals surface area contributed by atoms with Gasteiger partial charge in [0.1, 0.15) is 29.6 Å². The molecule has 12 heteroatoms. The second-order valence-corrected chi connectivity index (χ2v) is 12.4. The first-order valence-electron chi connectivity index (χ1n) is 15.6. The number of carbonyl (C=O) groups is 1. The smallest absolute Gasteiger partial charge is 0.407 e. The molecule has 3 saturated heterocycles. The third kappa shape index (κ3) is 5.13. The number of carboxylic acid groups (broad SMARTS) is 1. The van der Waals surface area contributed by atoms with Gasteiger partial charge in [0.2, 0.25) is 0 Å². The van der Waals surface area contributed by atoms with Crippen LogP contribution in [0, 0.1) is 41.1 Å². The second-order valence-electron chi connectivity index (χ2n) is 12.4. The maximum atomic E-state index is 16.8. The third-order valence-corrected chi connectivity index (χ3v) is 9.89. The fourth-order valence-electron chi connectivity index (χ4n) is 7.66. The van der Waals surface area contributed by atoms with Crippen LogP contribution in [0.3, 0.4) is 0 Å². The molecule has 3 fully saturated rings. The minimum atomic E-state index is -1.15. The number of amides is 1. The molecule has 9 nitrogen and oxygen atoms in total. The number of terminal acetylenes is 1. The number of halogens is 3. The number of piperazine rings is 1. The number of anilines is 1. The Kier molecular flexibility index (Phi) is 7.77. The van der Waals surface area contributed by atoms with Crippen LogP contribution in [0.2, 0.25) is 0 Å². The number of hydrogen-bond donors (Lipinski definition) is 1. The fraction of sp³-hybridized carbons (Fsp3) is 0.371. The van der Waals surface area contributed by atoms with Gasteiger partial charge in [-0.15, -0.1) is 6.42 Å². The van der Waals surface area contributed by atoms with Gasteiger partial charge >= 0.3 is 12.1 Å². The summed E-state index contributed by atoms with van der Waals surface area (Å²) in [6.45, 7) is 2.54. The van der Waals surface area contributed by atoms with Gasteiger partial charge in [0.25, 0.3) is 0 Å². The predicted molar refractivity (Wildman–Crippen MR) is 170 cm³/mol. The number of nitriles is 1. The largest absolute Gasteiger partial charge is 0.465 e. The van der Waals surface area contributed by atoms with E-state index in [0.29, 0.717) is 12.0 Å². The zero-order valence-electron chi connectivity index (χ0n) is 25.5. The molecule has 1 aromatic heterocycles. The first kappa shape index (κ1) is 30.6. The van der Waals surface area contributed by atoms with Crippen LogP contribution in [-0.2, 0) is 0 Å². The fourth-order valence-corrected chi connectivity index (χ4v) is 7.66. The molecular formula is C35H31F3N6O3. The Bertz CT molecular complexity index is 2000. The molecule has 0 spiro atoms. The van der Waals surface area contributed by atoms with Crippen molar-refractivity contribution in [1.82, 2.24) is 19.8 Å². The molecule has 7 rings (SSSR count). The lowest BCUT2D eigenvalue weighted by Gasteiger charge is -2.40. The second kappa shape index (κ2) is 11.9. The summed E-state index contributed by atoms with van der Waals surface area (Å²) < 4.78 is 54.1. The number of ether oxygens (including phenoxy) is 1. The number of benzene rings is 3. The Balaban J connectivity index is 1.39. The molecule has 0 unspecified atom stereocenters. The summed E-state index contributed by atoms with van der Waals surface area (Å²) in [6, 6.07) is 9.89. The molecule has 3 aliphatic heterocycles. The number of fused-ring (bicyclic) bond motifs is 3. The molecular weight excluding hydrogens is 609 g/mol. The van der Waals surface area contributed by atoms with Gasteiger partial charge in [-0.1, -0.05) is 30.2 Å². The molecule has 1 amide bonds. The van der Waals surface area contributed by atoms with Crippen LogP contribution in [0.25, 0.3) is 32.8 Å². The molecule has 0 bridgehead atoms.